The van der Waals surface area contributed by atoms with E-state index in [1.807, 2.05) is 60.7 Å². The first-order chi connectivity index (χ1) is 13.3. The molecule has 0 heterocycles. The Hall–Kier alpha value is -3.08. The predicted molar refractivity (Wildman–Crippen MR) is 106 cm³/mol. The monoisotopic (exact) mass is 370 g/mol. The lowest BCUT2D eigenvalue weighted by Gasteiger charge is -2.05. The smallest absolute Gasteiger partial charge is 0.119 e. The van der Waals surface area contributed by atoms with E-state index in [-0.39, 0.29) is 0 Å². The lowest BCUT2D eigenvalue weighted by Crippen LogP contribution is -1.95. The van der Waals surface area contributed by atoms with E-state index in [1.165, 1.54) is 0 Å². The molecule has 0 unspecified atom stereocenters. The molecule has 2 aromatic rings. The van der Waals surface area contributed by atoms with Crippen molar-refractivity contribution in [3.63, 3.8) is 0 Å². The van der Waals surface area contributed by atoms with E-state index < -0.39 is 0 Å². The summed E-state index contributed by atoms with van der Waals surface area (Å²) in [7, 11) is 3.28. The molecular formula is C22H26O5. The Morgan fingerprint density at radius 2 is 0.963 bits per heavy atom. The number of benzene rings is 2. The highest BCUT2D eigenvalue weighted by Gasteiger charge is 1.95. The maximum Gasteiger partial charge on any atom is 0.119 e. The lowest BCUT2D eigenvalue weighted by atomic mass is 10.3. The van der Waals surface area contributed by atoms with E-state index in [9.17, 15) is 0 Å². The van der Waals surface area contributed by atoms with Crippen LogP contribution in [0.25, 0.3) is 0 Å². The minimum atomic E-state index is 0.589. The summed E-state index contributed by atoms with van der Waals surface area (Å²) >= 11 is 0. The molecule has 0 amide bonds. The molecule has 0 aliphatic heterocycles. The summed E-state index contributed by atoms with van der Waals surface area (Å²) < 4.78 is 26.7. The van der Waals surface area contributed by atoms with Gasteiger partial charge in [-0.05, 0) is 60.7 Å². The summed E-state index contributed by atoms with van der Waals surface area (Å²) in [6.45, 7) is 1.18. The Labute approximate surface area is 160 Å². The third-order valence-electron chi connectivity index (χ3n) is 3.57. The highest BCUT2D eigenvalue weighted by molar-refractivity contribution is 5.31. The van der Waals surface area contributed by atoms with Gasteiger partial charge in [-0.15, -0.1) is 0 Å². The number of ether oxygens (including phenoxy) is 5. The molecule has 0 atom stereocenters. The second kappa shape index (κ2) is 12.3. The highest BCUT2D eigenvalue weighted by atomic mass is 16.5. The molecule has 0 saturated carbocycles. The van der Waals surface area contributed by atoms with E-state index in [1.54, 1.807) is 26.7 Å². The summed E-state index contributed by atoms with van der Waals surface area (Å²) in [5.41, 5.74) is 0. The van der Waals surface area contributed by atoms with Crippen molar-refractivity contribution in [2.24, 2.45) is 0 Å². The zero-order valence-corrected chi connectivity index (χ0v) is 15.8. The van der Waals surface area contributed by atoms with Crippen LogP contribution in [0.5, 0.6) is 23.0 Å². The first-order valence-corrected chi connectivity index (χ1v) is 8.81. The Balaban J connectivity index is 1.49. The van der Waals surface area contributed by atoms with Crippen LogP contribution in [0.4, 0.5) is 0 Å². The molecule has 2 rings (SSSR count). The van der Waals surface area contributed by atoms with Gasteiger partial charge in [0.25, 0.3) is 0 Å². The summed E-state index contributed by atoms with van der Waals surface area (Å²) in [5, 5.41) is 0. The third-order valence-corrected chi connectivity index (χ3v) is 3.57. The van der Waals surface area contributed by atoms with Gasteiger partial charge in [0.15, 0.2) is 0 Å². The van der Waals surface area contributed by atoms with Gasteiger partial charge in [0.1, 0.15) is 23.0 Å². The first kappa shape index (κ1) is 20.2. The molecule has 2 aromatic carbocycles. The Morgan fingerprint density at radius 3 is 1.33 bits per heavy atom. The van der Waals surface area contributed by atoms with Crippen LogP contribution >= 0.6 is 0 Å². The molecule has 0 radical (unpaired) electrons. The molecule has 0 N–H and O–H groups in total. The van der Waals surface area contributed by atoms with E-state index in [0.717, 1.165) is 35.8 Å². The van der Waals surface area contributed by atoms with E-state index in [0.29, 0.717) is 13.2 Å². The quantitative estimate of drug-likeness (QED) is 0.389. The summed E-state index contributed by atoms with van der Waals surface area (Å²) in [4.78, 5) is 0. The number of rotatable bonds is 12. The van der Waals surface area contributed by atoms with Crippen LogP contribution in [0.2, 0.25) is 0 Å². The van der Waals surface area contributed by atoms with Crippen LogP contribution in [-0.2, 0) is 4.74 Å². The minimum Gasteiger partial charge on any atom is -0.497 e. The molecule has 0 saturated heterocycles. The second-order valence-corrected chi connectivity index (χ2v) is 5.50. The van der Waals surface area contributed by atoms with Gasteiger partial charge in [0.2, 0.25) is 0 Å². The molecule has 27 heavy (non-hydrogen) atoms. The molecule has 144 valence electrons. The first-order valence-electron chi connectivity index (χ1n) is 8.81. The standard InChI is InChI=1S/C22H26O5/c1-23-19-7-11-21(12-8-19)26-17-5-3-15-25-16-4-6-18-27-22-13-9-20(24-2)10-14-22/h3-4,7-16H,5-6,17-18H2,1-2H3. The van der Waals surface area contributed by atoms with Gasteiger partial charge in [-0.1, -0.05) is 0 Å². The molecular weight excluding hydrogens is 344 g/mol. The zero-order chi connectivity index (χ0) is 19.2. The van der Waals surface area contributed by atoms with Gasteiger partial charge >= 0.3 is 0 Å². The molecule has 0 bridgehead atoms. The molecule has 0 aromatic heterocycles. The highest BCUT2D eigenvalue weighted by Crippen LogP contribution is 2.17. The molecule has 0 aliphatic carbocycles. The molecule has 5 heteroatoms. The fraction of sp³-hybridized carbons (Fsp3) is 0.273. The number of methoxy groups -OCH3 is 2. The fourth-order valence-corrected chi connectivity index (χ4v) is 2.13. The van der Waals surface area contributed by atoms with E-state index in [4.69, 9.17) is 23.7 Å². The van der Waals surface area contributed by atoms with Gasteiger partial charge in [0.05, 0.1) is 40.0 Å². The van der Waals surface area contributed by atoms with Gasteiger partial charge in [-0.25, -0.2) is 0 Å². The maximum atomic E-state index is 5.62. The molecule has 5 nitrogen and oxygen atoms in total. The number of hydrogen-bond acceptors (Lipinski definition) is 5. The lowest BCUT2D eigenvalue weighted by molar-refractivity contribution is 0.318. The largest absolute Gasteiger partial charge is 0.497 e. The van der Waals surface area contributed by atoms with Crippen molar-refractivity contribution in [2.45, 2.75) is 12.8 Å². The number of hydrogen-bond donors (Lipinski definition) is 0. The second-order valence-electron chi connectivity index (χ2n) is 5.50. The van der Waals surface area contributed by atoms with E-state index in [2.05, 4.69) is 0 Å². The summed E-state index contributed by atoms with van der Waals surface area (Å²) in [5.74, 6) is 3.28. The average Bonchev–Trinajstić information content (AvgIpc) is 2.73. The molecule has 0 aliphatic rings. The van der Waals surface area contributed by atoms with Crippen LogP contribution in [-0.4, -0.2) is 27.4 Å². The van der Waals surface area contributed by atoms with Gasteiger partial charge in [-0.2, -0.15) is 0 Å². The topological polar surface area (TPSA) is 46.2 Å². The van der Waals surface area contributed by atoms with Crippen molar-refractivity contribution in [2.75, 3.05) is 27.4 Å². The van der Waals surface area contributed by atoms with Gasteiger partial charge in [0, 0.05) is 12.8 Å². The fourth-order valence-electron chi connectivity index (χ4n) is 2.13. The SMILES string of the molecule is COc1ccc(OCCC=COC=CCCOc2ccc(OC)cc2)cc1. The predicted octanol–water partition coefficient (Wildman–Crippen LogP) is 4.99. The van der Waals surface area contributed by atoms with Crippen molar-refractivity contribution >= 4 is 0 Å². The Morgan fingerprint density at radius 1 is 0.593 bits per heavy atom. The van der Waals surface area contributed by atoms with Crippen molar-refractivity contribution in [1.82, 2.24) is 0 Å². The van der Waals surface area contributed by atoms with Gasteiger partial charge < -0.3 is 23.7 Å². The van der Waals surface area contributed by atoms with Crippen LogP contribution in [0.15, 0.2) is 73.2 Å². The van der Waals surface area contributed by atoms with Crippen molar-refractivity contribution in [3.05, 3.63) is 73.2 Å². The maximum absolute atomic E-state index is 5.62. The van der Waals surface area contributed by atoms with Crippen LogP contribution in [0.3, 0.4) is 0 Å². The van der Waals surface area contributed by atoms with E-state index >= 15 is 0 Å². The molecule has 0 spiro atoms. The van der Waals surface area contributed by atoms with Crippen molar-refractivity contribution in [3.8, 4) is 23.0 Å². The molecule has 0 fully saturated rings. The average molecular weight is 370 g/mol. The van der Waals surface area contributed by atoms with Crippen LogP contribution in [0, 0.1) is 0 Å². The van der Waals surface area contributed by atoms with Crippen molar-refractivity contribution < 1.29 is 23.7 Å². The van der Waals surface area contributed by atoms with Crippen molar-refractivity contribution in [1.29, 1.82) is 0 Å². The Kier molecular flexibility index (Phi) is 9.22. The van der Waals surface area contributed by atoms with Crippen LogP contribution in [0.1, 0.15) is 12.8 Å². The van der Waals surface area contributed by atoms with Gasteiger partial charge in [-0.3, -0.25) is 0 Å². The normalized spacial score (nSPS) is 10.9. The minimum absolute atomic E-state index is 0.589. The third kappa shape index (κ3) is 8.23. The summed E-state index contributed by atoms with van der Waals surface area (Å²) in [6, 6.07) is 15.0. The Bertz CT molecular complexity index is 628. The zero-order valence-electron chi connectivity index (χ0n) is 15.8. The van der Waals surface area contributed by atoms with Crippen LogP contribution < -0.4 is 18.9 Å². The summed E-state index contributed by atoms with van der Waals surface area (Å²) in [6.07, 6.45) is 8.67.